The highest BCUT2D eigenvalue weighted by atomic mass is 19.1. The molecule has 3 aromatic heterocycles. The van der Waals surface area contributed by atoms with E-state index in [9.17, 15) is 0 Å². The molecule has 6 rings (SSSR count). The van der Waals surface area contributed by atoms with Gasteiger partial charge in [0.1, 0.15) is 11.5 Å². The van der Waals surface area contributed by atoms with Crippen molar-refractivity contribution in [1.29, 1.82) is 0 Å². The number of nitrogens with zero attached hydrogens (tertiary/aromatic N) is 5. The van der Waals surface area contributed by atoms with Gasteiger partial charge in [0.25, 0.3) is 0 Å². The van der Waals surface area contributed by atoms with Crippen LogP contribution >= 0.6 is 0 Å². The molecule has 8 nitrogen and oxygen atoms in total. The van der Waals surface area contributed by atoms with Gasteiger partial charge in [-0.25, -0.2) is 15.2 Å². The van der Waals surface area contributed by atoms with E-state index in [1.165, 1.54) is 10.6 Å². The SMILES string of the molecule is C/C(N)=C(\c1cnc2c3ccc(C4=CCN(C)CC4)nc3n([C@H](c3ccccc3F)C3CCOCC3)c2c1)N(C)N. The molecule has 0 amide bonds. The molecule has 4 N–H and O–H groups in total. The summed E-state index contributed by atoms with van der Waals surface area (Å²) < 4.78 is 23.6. The number of rotatable bonds is 6. The van der Waals surface area contributed by atoms with Gasteiger partial charge in [0.2, 0.25) is 0 Å². The summed E-state index contributed by atoms with van der Waals surface area (Å²) in [5.74, 6) is 6.13. The van der Waals surface area contributed by atoms with Crippen molar-refractivity contribution in [3.63, 3.8) is 0 Å². The van der Waals surface area contributed by atoms with Gasteiger partial charge in [0.05, 0.1) is 28.5 Å². The Balaban J connectivity index is 1.67. The highest BCUT2D eigenvalue weighted by Gasteiger charge is 2.32. The van der Waals surface area contributed by atoms with E-state index in [-0.39, 0.29) is 17.8 Å². The molecule has 0 radical (unpaired) electrons. The van der Waals surface area contributed by atoms with Crippen molar-refractivity contribution in [1.82, 2.24) is 24.4 Å². The normalized spacial score (nSPS) is 18.4. The number of hydrogen-bond acceptors (Lipinski definition) is 7. The molecule has 1 saturated heterocycles. The second-order valence-corrected chi connectivity index (χ2v) is 11.3. The second kappa shape index (κ2) is 11.2. The van der Waals surface area contributed by atoms with E-state index in [1.54, 1.807) is 25.4 Å². The third-order valence-electron chi connectivity index (χ3n) is 8.44. The lowest BCUT2D eigenvalue weighted by Crippen LogP contribution is -2.28. The number of nitrogens with two attached hydrogens (primary N) is 2. The predicted molar refractivity (Wildman–Crippen MR) is 162 cm³/mol. The van der Waals surface area contributed by atoms with Crippen molar-refractivity contribution in [3.05, 3.63) is 83.1 Å². The van der Waals surface area contributed by atoms with Gasteiger partial charge in [0.15, 0.2) is 0 Å². The van der Waals surface area contributed by atoms with Gasteiger partial charge in [0, 0.05) is 61.8 Å². The zero-order chi connectivity index (χ0) is 28.7. The molecule has 214 valence electrons. The molecule has 1 aromatic carbocycles. The first-order valence-corrected chi connectivity index (χ1v) is 14.3. The Morgan fingerprint density at radius 1 is 1.17 bits per heavy atom. The molecule has 0 spiro atoms. The number of aromatic nitrogens is 3. The number of fused-ring (bicyclic) bond motifs is 3. The van der Waals surface area contributed by atoms with E-state index in [0.29, 0.717) is 30.2 Å². The lowest BCUT2D eigenvalue weighted by molar-refractivity contribution is 0.0548. The first-order chi connectivity index (χ1) is 19.8. The number of allylic oxidation sites excluding steroid dienone is 1. The van der Waals surface area contributed by atoms with E-state index >= 15 is 4.39 Å². The summed E-state index contributed by atoms with van der Waals surface area (Å²) in [4.78, 5) is 12.5. The zero-order valence-corrected chi connectivity index (χ0v) is 24.0. The molecule has 9 heteroatoms. The first kappa shape index (κ1) is 27.4. The van der Waals surface area contributed by atoms with E-state index in [0.717, 1.165) is 65.7 Å². The van der Waals surface area contributed by atoms with Gasteiger partial charge in [-0.1, -0.05) is 24.3 Å². The van der Waals surface area contributed by atoms with Crippen LogP contribution < -0.4 is 11.6 Å². The van der Waals surface area contributed by atoms with E-state index < -0.39 is 0 Å². The summed E-state index contributed by atoms with van der Waals surface area (Å²) in [6, 6.07) is 13.1. The monoisotopic (exact) mass is 555 g/mol. The summed E-state index contributed by atoms with van der Waals surface area (Å²) in [6.07, 6.45) is 6.64. The molecule has 41 heavy (non-hydrogen) atoms. The van der Waals surface area contributed by atoms with Crippen molar-refractivity contribution in [3.8, 4) is 0 Å². The van der Waals surface area contributed by atoms with Crippen LogP contribution in [0.4, 0.5) is 4.39 Å². The van der Waals surface area contributed by atoms with Crippen LogP contribution in [0, 0.1) is 11.7 Å². The Morgan fingerprint density at radius 3 is 2.63 bits per heavy atom. The number of ether oxygens (including phenoxy) is 1. The second-order valence-electron chi connectivity index (χ2n) is 11.3. The average molecular weight is 556 g/mol. The molecule has 0 unspecified atom stereocenters. The summed E-state index contributed by atoms with van der Waals surface area (Å²) in [5.41, 5.74) is 13.7. The fraction of sp³-hybridized carbons (Fsp3) is 0.375. The van der Waals surface area contributed by atoms with Gasteiger partial charge in [-0.05, 0) is 69.0 Å². The lowest BCUT2D eigenvalue weighted by atomic mass is 9.86. The van der Waals surface area contributed by atoms with Crippen molar-refractivity contribution in [2.75, 3.05) is 40.4 Å². The van der Waals surface area contributed by atoms with E-state index in [2.05, 4.69) is 40.8 Å². The largest absolute Gasteiger partial charge is 0.401 e. The zero-order valence-electron chi connectivity index (χ0n) is 24.0. The fourth-order valence-corrected chi connectivity index (χ4v) is 6.43. The van der Waals surface area contributed by atoms with Gasteiger partial charge in [-0.15, -0.1) is 0 Å². The average Bonchev–Trinajstić information content (AvgIpc) is 3.27. The van der Waals surface area contributed by atoms with Crippen LogP contribution in [0.25, 0.3) is 33.3 Å². The van der Waals surface area contributed by atoms with Gasteiger partial charge >= 0.3 is 0 Å². The molecule has 1 atom stereocenters. The number of hydrazine groups is 1. The van der Waals surface area contributed by atoms with Gasteiger partial charge in [-0.3, -0.25) is 4.98 Å². The predicted octanol–water partition coefficient (Wildman–Crippen LogP) is 4.91. The van der Waals surface area contributed by atoms with Gasteiger partial charge < -0.3 is 24.9 Å². The summed E-state index contributed by atoms with van der Waals surface area (Å²) in [5, 5.41) is 2.45. The summed E-state index contributed by atoms with van der Waals surface area (Å²) in [6.45, 7) is 4.99. The van der Waals surface area contributed by atoms with Crippen molar-refractivity contribution in [2.24, 2.45) is 17.5 Å². The minimum Gasteiger partial charge on any atom is -0.401 e. The highest BCUT2D eigenvalue weighted by Crippen LogP contribution is 2.41. The Kier molecular flexibility index (Phi) is 7.50. The van der Waals surface area contributed by atoms with Crippen LogP contribution in [0.2, 0.25) is 0 Å². The first-order valence-electron chi connectivity index (χ1n) is 14.3. The minimum atomic E-state index is -0.298. The number of likely N-dealkylation sites (N-methyl/N-ethyl adjacent to an activating group) is 1. The lowest BCUT2D eigenvalue weighted by Gasteiger charge is -2.33. The molecule has 1 fully saturated rings. The van der Waals surface area contributed by atoms with Crippen LogP contribution in [-0.4, -0.2) is 64.8 Å². The van der Waals surface area contributed by atoms with E-state index in [4.69, 9.17) is 26.3 Å². The van der Waals surface area contributed by atoms with Gasteiger partial charge in [-0.2, -0.15) is 0 Å². The Bertz CT molecular complexity index is 1650. The Morgan fingerprint density at radius 2 is 1.95 bits per heavy atom. The number of benzene rings is 1. The van der Waals surface area contributed by atoms with E-state index in [1.807, 2.05) is 19.1 Å². The molecule has 5 heterocycles. The maximum Gasteiger partial charge on any atom is 0.143 e. The van der Waals surface area contributed by atoms with Crippen molar-refractivity contribution in [2.45, 2.75) is 32.2 Å². The summed E-state index contributed by atoms with van der Waals surface area (Å²) in [7, 11) is 3.89. The van der Waals surface area contributed by atoms with Crippen molar-refractivity contribution < 1.29 is 9.13 Å². The number of pyridine rings is 2. The minimum absolute atomic E-state index is 0.152. The molecule has 0 bridgehead atoms. The third kappa shape index (κ3) is 5.09. The Hall–Kier alpha value is -3.79. The Labute approximate surface area is 240 Å². The molecule has 2 aliphatic rings. The molecular weight excluding hydrogens is 517 g/mol. The fourth-order valence-electron chi connectivity index (χ4n) is 6.43. The number of halogens is 1. The molecule has 0 saturated carbocycles. The highest BCUT2D eigenvalue weighted by molar-refractivity contribution is 6.05. The molecule has 0 aliphatic carbocycles. The quantitative estimate of drug-likeness (QED) is 0.258. The van der Waals surface area contributed by atoms with Crippen molar-refractivity contribution >= 4 is 33.3 Å². The molecule has 2 aliphatic heterocycles. The summed E-state index contributed by atoms with van der Waals surface area (Å²) >= 11 is 0. The smallest absolute Gasteiger partial charge is 0.143 e. The van der Waals surface area contributed by atoms with Crippen LogP contribution in [-0.2, 0) is 4.74 Å². The van der Waals surface area contributed by atoms with Crippen LogP contribution in [0.15, 0.2) is 60.4 Å². The van der Waals surface area contributed by atoms with Crippen LogP contribution in [0.1, 0.15) is 49.0 Å². The topological polar surface area (TPSA) is 98.5 Å². The maximum absolute atomic E-state index is 15.7. The maximum atomic E-state index is 15.7. The number of hydrogen-bond donors (Lipinski definition) is 2. The third-order valence-corrected chi connectivity index (χ3v) is 8.44. The standard InChI is InChI=1S/C32H38FN7O/c1-20(34)30(39(3)35)23-18-28-29(36-19-23)25-8-9-27(21-10-14-38(2)15-11-21)37-32(25)40(28)31(22-12-16-41-17-13-22)24-6-4-5-7-26(24)33/h4-10,18-19,22,31H,11-17,34-35H2,1-3H3/b30-20-/t31-/m0/s1. The molecule has 4 aromatic rings. The van der Waals surface area contributed by atoms with Crippen LogP contribution in [0.3, 0.4) is 0 Å². The molecular formula is C32H38FN7O. The van der Waals surface area contributed by atoms with Crippen LogP contribution in [0.5, 0.6) is 0 Å².